The van der Waals surface area contributed by atoms with Crippen molar-refractivity contribution in [2.45, 2.75) is 47.0 Å². The molecule has 0 aromatic heterocycles. The Kier molecular flexibility index (Phi) is 13.8. The van der Waals surface area contributed by atoms with Gasteiger partial charge < -0.3 is 9.64 Å². The molecule has 86 valence electrons. The number of hydrogen-bond donors (Lipinski definition) is 0. The molecule has 1 heterocycles. The minimum atomic E-state index is -0.181. The standard InChI is InChI=1S/C7H13NO2.2C2H6/c1-10-7(9)8-5-3-2-4-6-8;2*1-2/h2-6H2,1H3;2*1-2H3. The molecule has 0 aromatic carbocycles. The van der Waals surface area contributed by atoms with Gasteiger partial charge in [0.2, 0.25) is 0 Å². The van der Waals surface area contributed by atoms with E-state index >= 15 is 0 Å². The highest BCUT2D eigenvalue weighted by atomic mass is 16.5. The summed E-state index contributed by atoms with van der Waals surface area (Å²) in [6.07, 6.45) is 3.30. The predicted molar refractivity (Wildman–Crippen MR) is 60.5 cm³/mol. The zero-order chi connectivity index (χ0) is 11.4. The number of methoxy groups -OCH3 is 1. The smallest absolute Gasteiger partial charge is 0.409 e. The molecule has 0 N–H and O–H groups in total. The molecule has 3 heteroatoms. The average Bonchev–Trinajstić information content (AvgIpc) is 2.34. The van der Waals surface area contributed by atoms with Crippen molar-refractivity contribution in [2.75, 3.05) is 20.2 Å². The van der Waals surface area contributed by atoms with Crippen LogP contribution in [0.4, 0.5) is 4.79 Å². The van der Waals surface area contributed by atoms with Gasteiger partial charge in [0.25, 0.3) is 0 Å². The van der Waals surface area contributed by atoms with Gasteiger partial charge in [-0.25, -0.2) is 4.79 Å². The molecule has 1 amide bonds. The van der Waals surface area contributed by atoms with Gasteiger partial charge in [-0.05, 0) is 19.3 Å². The third kappa shape index (κ3) is 6.75. The fourth-order valence-corrected chi connectivity index (χ4v) is 1.21. The van der Waals surface area contributed by atoms with E-state index in [1.165, 1.54) is 13.5 Å². The molecule has 0 unspecified atom stereocenters. The van der Waals surface area contributed by atoms with E-state index in [2.05, 4.69) is 4.74 Å². The first-order chi connectivity index (χ1) is 6.84. The molecule has 0 bridgehead atoms. The van der Waals surface area contributed by atoms with Gasteiger partial charge >= 0.3 is 6.09 Å². The highest BCUT2D eigenvalue weighted by molar-refractivity contribution is 5.67. The molecule has 1 saturated heterocycles. The Morgan fingerprint density at radius 1 is 1.00 bits per heavy atom. The average molecular weight is 203 g/mol. The molecule has 0 saturated carbocycles. The van der Waals surface area contributed by atoms with Crippen molar-refractivity contribution in [1.29, 1.82) is 0 Å². The largest absolute Gasteiger partial charge is 0.453 e. The SMILES string of the molecule is CC.CC.COC(=O)N1CCCCC1. The van der Waals surface area contributed by atoms with Crippen LogP contribution in [0, 0.1) is 0 Å². The van der Waals surface area contributed by atoms with Crippen molar-refractivity contribution in [2.24, 2.45) is 0 Å². The Bertz CT molecular complexity index is 120. The van der Waals surface area contributed by atoms with Crippen LogP contribution in [0.2, 0.25) is 0 Å². The Morgan fingerprint density at radius 3 is 1.79 bits per heavy atom. The summed E-state index contributed by atoms with van der Waals surface area (Å²) >= 11 is 0. The number of nitrogens with zero attached hydrogens (tertiary/aromatic N) is 1. The van der Waals surface area contributed by atoms with Crippen LogP contribution in [0.1, 0.15) is 47.0 Å². The Labute approximate surface area is 88.4 Å². The van der Waals surface area contributed by atoms with Crippen LogP contribution in [0.5, 0.6) is 0 Å². The van der Waals surface area contributed by atoms with Crippen LogP contribution in [0.25, 0.3) is 0 Å². The maximum atomic E-state index is 10.9. The number of piperidine rings is 1. The van der Waals surface area contributed by atoms with E-state index in [4.69, 9.17) is 0 Å². The minimum absolute atomic E-state index is 0.181. The lowest BCUT2D eigenvalue weighted by atomic mass is 10.1. The molecule has 0 spiro atoms. The van der Waals surface area contributed by atoms with Crippen molar-refractivity contribution < 1.29 is 9.53 Å². The van der Waals surface area contributed by atoms with Gasteiger partial charge in [0.1, 0.15) is 0 Å². The summed E-state index contributed by atoms with van der Waals surface area (Å²) in [5.41, 5.74) is 0. The summed E-state index contributed by atoms with van der Waals surface area (Å²) in [4.78, 5) is 12.6. The van der Waals surface area contributed by atoms with Crippen LogP contribution >= 0.6 is 0 Å². The first-order valence-electron chi connectivity index (χ1n) is 5.67. The molecule has 0 atom stereocenters. The summed E-state index contributed by atoms with van der Waals surface area (Å²) in [6, 6.07) is 0. The maximum Gasteiger partial charge on any atom is 0.409 e. The van der Waals surface area contributed by atoms with Crippen molar-refractivity contribution in [3.8, 4) is 0 Å². The van der Waals surface area contributed by atoms with Crippen LogP contribution in [-0.2, 0) is 4.74 Å². The number of likely N-dealkylation sites (tertiary alicyclic amines) is 1. The van der Waals surface area contributed by atoms with E-state index in [1.54, 1.807) is 4.90 Å². The third-order valence-electron chi connectivity index (χ3n) is 1.79. The molecule has 1 rings (SSSR count). The van der Waals surface area contributed by atoms with E-state index in [0.29, 0.717) is 0 Å². The van der Waals surface area contributed by atoms with Crippen LogP contribution in [0.15, 0.2) is 0 Å². The van der Waals surface area contributed by atoms with Gasteiger partial charge in [-0.15, -0.1) is 0 Å². The predicted octanol–water partition coefficient (Wildman–Crippen LogP) is 3.29. The lowest BCUT2D eigenvalue weighted by Crippen LogP contribution is -2.35. The van der Waals surface area contributed by atoms with E-state index in [1.807, 2.05) is 27.7 Å². The zero-order valence-electron chi connectivity index (χ0n) is 10.3. The number of ether oxygens (including phenoxy) is 1. The number of amides is 1. The summed E-state index contributed by atoms with van der Waals surface area (Å²) in [5, 5.41) is 0. The second-order valence-corrected chi connectivity index (χ2v) is 2.52. The molecule has 0 aromatic rings. The number of carbonyl (C=O) groups excluding carboxylic acids is 1. The Hall–Kier alpha value is -0.730. The lowest BCUT2D eigenvalue weighted by Gasteiger charge is -2.24. The van der Waals surface area contributed by atoms with Gasteiger partial charge in [-0.3, -0.25) is 0 Å². The van der Waals surface area contributed by atoms with Crippen molar-refractivity contribution in [3.63, 3.8) is 0 Å². The Morgan fingerprint density at radius 2 is 1.43 bits per heavy atom. The first kappa shape index (κ1) is 15.7. The second kappa shape index (κ2) is 12.3. The molecule has 1 aliphatic rings. The van der Waals surface area contributed by atoms with E-state index in [-0.39, 0.29) is 6.09 Å². The van der Waals surface area contributed by atoms with Gasteiger partial charge in [-0.1, -0.05) is 27.7 Å². The molecule has 3 nitrogen and oxygen atoms in total. The summed E-state index contributed by atoms with van der Waals surface area (Å²) in [5.74, 6) is 0. The number of rotatable bonds is 0. The van der Waals surface area contributed by atoms with Crippen LogP contribution in [-0.4, -0.2) is 31.2 Å². The second-order valence-electron chi connectivity index (χ2n) is 2.52. The van der Waals surface area contributed by atoms with Crippen LogP contribution < -0.4 is 0 Å². The normalized spacial score (nSPS) is 14.2. The summed E-state index contributed by atoms with van der Waals surface area (Å²) < 4.78 is 4.58. The van der Waals surface area contributed by atoms with Gasteiger partial charge in [0, 0.05) is 13.1 Å². The molecular weight excluding hydrogens is 178 g/mol. The molecular formula is C11H25NO2. The van der Waals surface area contributed by atoms with Gasteiger partial charge in [-0.2, -0.15) is 0 Å². The maximum absolute atomic E-state index is 10.9. The Balaban J connectivity index is 0. The summed E-state index contributed by atoms with van der Waals surface area (Å²) in [6.45, 7) is 9.74. The van der Waals surface area contributed by atoms with Gasteiger partial charge in [0.05, 0.1) is 7.11 Å². The number of carbonyl (C=O) groups is 1. The van der Waals surface area contributed by atoms with Crippen molar-refractivity contribution >= 4 is 6.09 Å². The third-order valence-corrected chi connectivity index (χ3v) is 1.79. The fraction of sp³-hybridized carbons (Fsp3) is 0.909. The van der Waals surface area contributed by atoms with Gasteiger partial charge in [0.15, 0.2) is 0 Å². The molecule has 0 radical (unpaired) electrons. The number of hydrogen-bond acceptors (Lipinski definition) is 2. The molecule has 1 fully saturated rings. The topological polar surface area (TPSA) is 29.5 Å². The molecule has 0 aliphatic carbocycles. The van der Waals surface area contributed by atoms with Crippen molar-refractivity contribution in [3.05, 3.63) is 0 Å². The molecule has 14 heavy (non-hydrogen) atoms. The minimum Gasteiger partial charge on any atom is -0.453 e. The van der Waals surface area contributed by atoms with E-state index < -0.39 is 0 Å². The highest BCUT2D eigenvalue weighted by Gasteiger charge is 2.15. The van der Waals surface area contributed by atoms with E-state index in [0.717, 1.165) is 25.9 Å². The fourth-order valence-electron chi connectivity index (χ4n) is 1.21. The van der Waals surface area contributed by atoms with Crippen LogP contribution in [0.3, 0.4) is 0 Å². The van der Waals surface area contributed by atoms with E-state index in [9.17, 15) is 4.79 Å². The highest BCUT2D eigenvalue weighted by Crippen LogP contribution is 2.08. The quantitative estimate of drug-likeness (QED) is 0.604. The molecule has 1 aliphatic heterocycles. The monoisotopic (exact) mass is 203 g/mol. The lowest BCUT2D eigenvalue weighted by molar-refractivity contribution is 0.115. The summed E-state index contributed by atoms with van der Waals surface area (Å²) in [7, 11) is 1.43. The first-order valence-corrected chi connectivity index (χ1v) is 5.67. The van der Waals surface area contributed by atoms with Crippen molar-refractivity contribution in [1.82, 2.24) is 4.90 Å². The zero-order valence-corrected chi connectivity index (χ0v) is 10.3.